The molecular formula is C21H22N5S2+. The molecule has 7 heteroatoms. The van der Waals surface area contributed by atoms with Gasteiger partial charge in [0.25, 0.3) is 0 Å². The summed E-state index contributed by atoms with van der Waals surface area (Å²) in [5.74, 6) is 0.580. The molecule has 2 aromatic heterocycles. The van der Waals surface area contributed by atoms with Crippen LogP contribution in [0.15, 0.2) is 60.9 Å². The normalized spacial score (nSPS) is 19.9. The molecule has 0 aliphatic carbocycles. The molecule has 0 amide bonds. The van der Waals surface area contributed by atoms with E-state index in [1.165, 1.54) is 27.4 Å². The van der Waals surface area contributed by atoms with E-state index in [9.17, 15) is 0 Å². The Bertz CT molecular complexity index is 1100. The molecule has 1 aliphatic heterocycles. The molecule has 2 aromatic carbocycles. The second-order valence-electron chi connectivity index (χ2n) is 7.32. The van der Waals surface area contributed by atoms with Gasteiger partial charge in [-0.15, -0.1) is 11.3 Å². The third-order valence-corrected chi connectivity index (χ3v) is 7.10. The number of rotatable bonds is 4. The van der Waals surface area contributed by atoms with Crippen molar-refractivity contribution in [2.45, 2.75) is 25.4 Å². The van der Waals surface area contributed by atoms with E-state index in [2.05, 4.69) is 41.5 Å². The predicted molar refractivity (Wildman–Crippen MR) is 115 cm³/mol. The van der Waals surface area contributed by atoms with Crippen LogP contribution in [-0.2, 0) is 6.67 Å². The number of hydrogen-bond donors (Lipinski definition) is 1. The average molecular weight is 409 g/mol. The zero-order valence-electron chi connectivity index (χ0n) is 15.5. The minimum Gasteiger partial charge on any atom is -0.316 e. The summed E-state index contributed by atoms with van der Waals surface area (Å²) in [6.07, 6.45) is 4.16. The van der Waals surface area contributed by atoms with Crippen molar-refractivity contribution in [2.24, 2.45) is 0 Å². The van der Waals surface area contributed by atoms with Crippen LogP contribution in [0.4, 0.5) is 0 Å². The van der Waals surface area contributed by atoms with E-state index in [4.69, 9.17) is 17.2 Å². The van der Waals surface area contributed by atoms with Gasteiger partial charge in [0, 0.05) is 24.4 Å². The van der Waals surface area contributed by atoms with Crippen LogP contribution in [0.1, 0.15) is 23.8 Å². The van der Waals surface area contributed by atoms with Gasteiger partial charge >= 0.3 is 0 Å². The number of nitrogens with zero attached hydrogens (tertiary/aromatic N) is 4. The molecule has 0 spiro atoms. The molecule has 28 heavy (non-hydrogen) atoms. The van der Waals surface area contributed by atoms with E-state index >= 15 is 0 Å². The molecule has 0 unspecified atom stereocenters. The molecule has 0 bridgehead atoms. The van der Waals surface area contributed by atoms with Gasteiger partial charge in [-0.3, -0.25) is 4.57 Å². The number of piperidine rings is 1. The lowest BCUT2D eigenvalue weighted by atomic mass is 9.98. The summed E-state index contributed by atoms with van der Waals surface area (Å²) in [6, 6.07) is 18.6. The quantitative estimate of drug-likeness (QED) is 0.526. The second-order valence-corrected chi connectivity index (χ2v) is 8.75. The lowest BCUT2D eigenvalue weighted by Gasteiger charge is -2.27. The van der Waals surface area contributed by atoms with Gasteiger partial charge < -0.3 is 4.90 Å². The number of fused-ring (bicyclic) bond motifs is 1. The minimum atomic E-state index is 0.580. The molecule has 5 rings (SSSR count). The van der Waals surface area contributed by atoms with Crippen LogP contribution in [0.2, 0.25) is 0 Å². The Morgan fingerprint density at radius 1 is 1.04 bits per heavy atom. The van der Waals surface area contributed by atoms with E-state index in [0.29, 0.717) is 5.92 Å². The number of nitrogens with one attached hydrogen (secondary N) is 1. The van der Waals surface area contributed by atoms with Crippen LogP contribution in [-0.4, -0.2) is 32.4 Å². The molecular weight excluding hydrogens is 386 g/mol. The molecule has 3 heterocycles. The van der Waals surface area contributed by atoms with E-state index in [1.807, 2.05) is 45.1 Å². The van der Waals surface area contributed by atoms with Gasteiger partial charge in [-0.2, -0.15) is 9.78 Å². The Hall–Kier alpha value is -2.35. The summed E-state index contributed by atoms with van der Waals surface area (Å²) in [4.78, 5) is 6.40. The Balaban J connectivity index is 1.25. The predicted octanol–water partition coefficient (Wildman–Crippen LogP) is 3.43. The van der Waals surface area contributed by atoms with Crippen molar-refractivity contribution in [1.29, 1.82) is 0 Å². The summed E-state index contributed by atoms with van der Waals surface area (Å²) in [5, 5.41) is 5.83. The van der Waals surface area contributed by atoms with Crippen LogP contribution in [0.5, 0.6) is 0 Å². The average Bonchev–Trinajstić information content (AvgIpc) is 3.33. The van der Waals surface area contributed by atoms with Crippen molar-refractivity contribution in [3.63, 3.8) is 0 Å². The van der Waals surface area contributed by atoms with E-state index in [0.717, 1.165) is 35.7 Å². The first-order valence-corrected chi connectivity index (χ1v) is 10.9. The number of likely N-dealkylation sites (tertiary alicyclic amines) is 1. The molecule has 5 nitrogen and oxygen atoms in total. The van der Waals surface area contributed by atoms with Crippen LogP contribution in [0.25, 0.3) is 15.9 Å². The largest absolute Gasteiger partial charge is 0.316 e. The van der Waals surface area contributed by atoms with Gasteiger partial charge in [0.1, 0.15) is 6.33 Å². The molecule has 0 atom stereocenters. The van der Waals surface area contributed by atoms with Crippen LogP contribution in [0.3, 0.4) is 0 Å². The highest BCUT2D eigenvalue weighted by atomic mass is 32.1. The maximum atomic E-state index is 5.65. The van der Waals surface area contributed by atoms with E-state index in [-0.39, 0.29) is 0 Å². The highest BCUT2D eigenvalue weighted by Gasteiger charge is 2.26. The lowest BCUT2D eigenvalue weighted by molar-refractivity contribution is -0.928. The summed E-state index contributed by atoms with van der Waals surface area (Å²) in [5.41, 5.74) is 2.19. The maximum Gasteiger partial charge on any atom is 0.207 e. The number of aromatic nitrogens is 4. The fourth-order valence-electron chi connectivity index (χ4n) is 3.92. The van der Waals surface area contributed by atoms with Crippen molar-refractivity contribution >= 4 is 33.8 Å². The molecule has 1 saturated heterocycles. The first-order valence-electron chi connectivity index (χ1n) is 9.67. The number of benzene rings is 2. The lowest BCUT2D eigenvalue weighted by Crippen LogP contribution is -3.12. The Labute approximate surface area is 172 Å². The molecule has 4 aromatic rings. The Morgan fingerprint density at radius 3 is 2.57 bits per heavy atom. The topological polar surface area (TPSA) is 40.1 Å². The van der Waals surface area contributed by atoms with Crippen molar-refractivity contribution in [3.05, 3.63) is 70.7 Å². The number of thiazole rings is 1. The van der Waals surface area contributed by atoms with Crippen LogP contribution < -0.4 is 4.90 Å². The maximum absolute atomic E-state index is 5.65. The van der Waals surface area contributed by atoms with Gasteiger partial charge in [0.2, 0.25) is 4.77 Å². The standard InChI is InChI=1S/C21H21N5S2/c27-21-25(17-6-2-1-3-7-17)14-22-26(21)15-24-12-10-16(11-13-24)20-23-18-8-4-5-9-19(18)28-20/h1-9,14,16H,10-13,15H2/p+1. The molecule has 1 fully saturated rings. The Morgan fingerprint density at radius 2 is 1.79 bits per heavy atom. The third kappa shape index (κ3) is 3.41. The zero-order valence-corrected chi connectivity index (χ0v) is 17.1. The minimum absolute atomic E-state index is 0.580. The van der Waals surface area contributed by atoms with Crippen molar-refractivity contribution in [2.75, 3.05) is 13.1 Å². The molecule has 0 saturated carbocycles. The van der Waals surface area contributed by atoms with Gasteiger partial charge in [0.05, 0.1) is 28.3 Å². The third-order valence-electron chi connectivity index (χ3n) is 5.49. The smallest absolute Gasteiger partial charge is 0.207 e. The van der Waals surface area contributed by atoms with Crippen LogP contribution >= 0.6 is 23.6 Å². The number of quaternary nitrogens is 1. The highest BCUT2D eigenvalue weighted by Crippen LogP contribution is 2.31. The van der Waals surface area contributed by atoms with Gasteiger partial charge in [-0.05, 0) is 36.5 Å². The SMILES string of the molecule is S=c1n(-c2ccccc2)cnn1C[NH+]1CCC(c2nc3ccccc3s2)CC1. The fourth-order valence-corrected chi connectivity index (χ4v) is 5.32. The summed E-state index contributed by atoms with van der Waals surface area (Å²) in [6.45, 7) is 3.08. The van der Waals surface area contributed by atoms with Crippen molar-refractivity contribution in [3.8, 4) is 5.69 Å². The molecule has 142 valence electrons. The monoisotopic (exact) mass is 408 g/mol. The zero-order chi connectivity index (χ0) is 18.9. The van der Waals surface area contributed by atoms with Crippen molar-refractivity contribution < 1.29 is 4.90 Å². The summed E-state index contributed by atoms with van der Waals surface area (Å²) in [7, 11) is 0. The van der Waals surface area contributed by atoms with Gasteiger partial charge in [0.15, 0.2) is 6.67 Å². The second kappa shape index (κ2) is 7.58. The first-order chi connectivity index (χ1) is 13.8. The molecule has 0 radical (unpaired) electrons. The molecule has 1 N–H and O–H groups in total. The Kier molecular flexibility index (Phi) is 4.80. The van der Waals surface area contributed by atoms with Gasteiger partial charge in [-0.1, -0.05) is 30.3 Å². The van der Waals surface area contributed by atoms with Crippen molar-refractivity contribution in [1.82, 2.24) is 19.3 Å². The first kappa shape index (κ1) is 17.7. The summed E-state index contributed by atoms with van der Waals surface area (Å²) < 4.78 is 5.98. The van der Waals surface area contributed by atoms with Gasteiger partial charge in [-0.25, -0.2) is 4.98 Å². The number of hydrogen-bond acceptors (Lipinski definition) is 4. The number of para-hydroxylation sites is 2. The van der Waals surface area contributed by atoms with Crippen LogP contribution in [0, 0.1) is 4.77 Å². The molecule has 1 aliphatic rings. The van der Waals surface area contributed by atoms with E-state index in [1.54, 1.807) is 0 Å². The summed E-state index contributed by atoms with van der Waals surface area (Å²) >= 11 is 7.51. The van der Waals surface area contributed by atoms with E-state index < -0.39 is 0 Å². The fraction of sp³-hybridized carbons (Fsp3) is 0.286. The highest BCUT2D eigenvalue weighted by molar-refractivity contribution is 7.71.